The number of ether oxygens (including phenoxy) is 1. The minimum Gasteiger partial charge on any atom is -0.455 e. The highest BCUT2D eigenvalue weighted by atomic mass is 16.5. The predicted molar refractivity (Wildman–Crippen MR) is 102 cm³/mol. The van der Waals surface area contributed by atoms with E-state index in [2.05, 4.69) is 5.32 Å². The topological polar surface area (TPSA) is 75.7 Å². The largest absolute Gasteiger partial charge is 0.455 e. The van der Waals surface area contributed by atoms with Gasteiger partial charge in [-0.1, -0.05) is 35.4 Å². The maximum Gasteiger partial charge on any atom is 0.311 e. The van der Waals surface area contributed by atoms with E-state index in [0.29, 0.717) is 5.69 Å². The van der Waals surface area contributed by atoms with Crippen molar-refractivity contribution in [1.82, 2.24) is 0 Å². The third-order valence-corrected chi connectivity index (χ3v) is 4.48. The fourth-order valence-corrected chi connectivity index (χ4v) is 2.93. The number of anilines is 2. The molecule has 0 spiro atoms. The van der Waals surface area contributed by atoms with Crippen molar-refractivity contribution in [2.75, 3.05) is 23.4 Å². The highest BCUT2D eigenvalue weighted by Crippen LogP contribution is 2.26. The van der Waals surface area contributed by atoms with E-state index >= 15 is 0 Å². The first-order chi connectivity index (χ1) is 12.9. The molecule has 1 fully saturated rings. The first-order valence-corrected chi connectivity index (χ1v) is 8.82. The Balaban J connectivity index is 1.51. The molecule has 1 heterocycles. The molecule has 0 aliphatic carbocycles. The minimum atomic E-state index is -0.564. The average Bonchev–Trinajstić information content (AvgIpc) is 3.04. The molecule has 27 heavy (non-hydrogen) atoms. The summed E-state index contributed by atoms with van der Waals surface area (Å²) in [4.78, 5) is 38.0. The number of nitrogens with one attached hydrogen (secondary N) is 1. The van der Waals surface area contributed by atoms with Gasteiger partial charge in [0.1, 0.15) is 0 Å². The number of esters is 1. The zero-order valence-electron chi connectivity index (χ0n) is 15.4. The molecule has 2 aromatic rings. The number of nitrogens with zero attached hydrogens (tertiary/aromatic N) is 1. The zero-order valence-corrected chi connectivity index (χ0v) is 15.4. The van der Waals surface area contributed by atoms with Crippen LogP contribution in [-0.4, -0.2) is 30.9 Å². The summed E-state index contributed by atoms with van der Waals surface area (Å²) < 4.78 is 5.11. The van der Waals surface area contributed by atoms with Gasteiger partial charge >= 0.3 is 5.97 Å². The van der Waals surface area contributed by atoms with E-state index in [1.54, 1.807) is 17.0 Å². The van der Waals surface area contributed by atoms with Gasteiger partial charge < -0.3 is 15.0 Å². The maximum absolute atomic E-state index is 12.2. The van der Waals surface area contributed by atoms with Crippen molar-refractivity contribution in [1.29, 1.82) is 0 Å². The molecule has 0 aromatic heterocycles. The lowest BCUT2D eigenvalue weighted by Gasteiger charge is -2.16. The number of hydrogen-bond acceptors (Lipinski definition) is 4. The lowest BCUT2D eigenvalue weighted by atomic mass is 10.1. The molecule has 1 aliphatic rings. The Morgan fingerprint density at radius 3 is 2.26 bits per heavy atom. The number of carbonyl (C=O) groups is 3. The van der Waals surface area contributed by atoms with Gasteiger partial charge in [0.15, 0.2) is 6.61 Å². The van der Waals surface area contributed by atoms with Crippen LogP contribution in [-0.2, 0) is 19.1 Å². The van der Waals surface area contributed by atoms with Crippen molar-refractivity contribution >= 4 is 29.2 Å². The van der Waals surface area contributed by atoms with Crippen molar-refractivity contribution in [2.45, 2.75) is 20.3 Å². The van der Waals surface area contributed by atoms with Crippen molar-refractivity contribution < 1.29 is 19.1 Å². The van der Waals surface area contributed by atoms with Gasteiger partial charge in [-0.2, -0.15) is 0 Å². The summed E-state index contributed by atoms with van der Waals surface area (Å²) in [7, 11) is 0. The molecule has 6 nitrogen and oxygen atoms in total. The van der Waals surface area contributed by atoms with Crippen LogP contribution in [0.2, 0.25) is 0 Å². The Hall–Kier alpha value is -3.15. The molecular weight excluding hydrogens is 344 g/mol. The summed E-state index contributed by atoms with van der Waals surface area (Å²) >= 11 is 0. The van der Waals surface area contributed by atoms with E-state index in [-0.39, 0.29) is 25.5 Å². The first-order valence-electron chi connectivity index (χ1n) is 8.82. The zero-order chi connectivity index (χ0) is 19.4. The molecular formula is C21H22N2O4. The molecule has 1 N–H and O–H groups in total. The van der Waals surface area contributed by atoms with Gasteiger partial charge in [-0.15, -0.1) is 0 Å². The van der Waals surface area contributed by atoms with Gasteiger partial charge in [-0.3, -0.25) is 14.4 Å². The molecule has 6 heteroatoms. The van der Waals surface area contributed by atoms with Crippen LogP contribution in [0.1, 0.15) is 17.5 Å². The summed E-state index contributed by atoms with van der Waals surface area (Å²) in [6.07, 6.45) is 0.0896. The second-order valence-electron chi connectivity index (χ2n) is 6.76. The SMILES string of the molecule is Cc1ccc(NC(=O)COC(=O)[C@H]2CC(=O)N(c3ccc(C)cc3)C2)cc1. The van der Waals surface area contributed by atoms with Gasteiger partial charge in [0, 0.05) is 24.3 Å². The molecule has 1 aliphatic heterocycles. The number of rotatable bonds is 5. The Morgan fingerprint density at radius 2 is 1.63 bits per heavy atom. The molecule has 2 aromatic carbocycles. The van der Waals surface area contributed by atoms with Gasteiger partial charge in [-0.25, -0.2) is 0 Å². The monoisotopic (exact) mass is 366 g/mol. The molecule has 140 valence electrons. The minimum absolute atomic E-state index is 0.0896. The number of aryl methyl sites for hydroxylation is 2. The van der Waals surface area contributed by atoms with Crippen molar-refractivity contribution in [3.8, 4) is 0 Å². The Labute approximate surface area is 158 Å². The number of benzene rings is 2. The predicted octanol–water partition coefficient (Wildman–Crippen LogP) is 2.84. The van der Waals surface area contributed by atoms with Crippen LogP contribution in [0, 0.1) is 19.8 Å². The lowest BCUT2D eigenvalue weighted by Crippen LogP contribution is -2.28. The normalized spacial score (nSPS) is 16.3. The van der Waals surface area contributed by atoms with Gasteiger partial charge in [0.05, 0.1) is 5.92 Å². The molecule has 3 rings (SSSR count). The molecule has 0 saturated carbocycles. The van der Waals surface area contributed by atoms with Crippen LogP contribution in [0.4, 0.5) is 11.4 Å². The molecule has 0 bridgehead atoms. The summed E-state index contributed by atoms with van der Waals surface area (Å²) in [5.74, 6) is -1.63. The van der Waals surface area contributed by atoms with Crippen LogP contribution < -0.4 is 10.2 Å². The molecule has 0 radical (unpaired) electrons. The van der Waals surface area contributed by atoms with Gasteiger partial charge in [0.25, 0.3) is 5.91 Å². The van der Waals surface area contributed by atoms with E-state index in [4.69, 9.17) is 4.74 Å². The van der Waals surface area contributed by atoms with Gasteiger partial charge in [0.2, 0.25) is 5.91 Å². The number of carbonyl (C=O) groups excluding carboxylic acids is 3. The highest BCUT2D eigenvalue weighted by molar-refractivity contribution is 6.00. The lowest BCUT2D eigenvalue weighted by molar-refractivity contribution is -0.151. The highest BCUT2D eigenvalue weighted by Gasteiger charge is 2.36. The van der Waals surface area contributed by atoms with Crippen LogP contribution >= 0.6 is 0 Å². The Bertz CT molecular complexity index is 843. The summed E-state index contributed by atoms with van der Waals surface area (Å²) in [5, 5.41) is 2.67. The summed E-state index contributed by atoms with van der Waals surface area (Å²) in [5.41, 5.74) is 3.59. The Morgan fingerprint density at radius 1 is 1.04 bits per heavy atom. The number of amides is 2. The first kappa shape index (κ1) is 18.6. The maximum atomic E-state index is 12.2. The Kier molecular flexibility index (Phi) is 5.54. The molecule has 1 saturated heterocycles. The fourth-order valence-electron chi connectivity index (χ4n) is 2.93. The third-order valence-electron chi connectivity index (χ3n) is 4.48. The smallest absolute Gasteiger partial charge is 0.311 e. The number of hydrogen-bond donors (Lipinski definition) is 1. The van der Waals surface area contributed by atoms with E-state index < -0.39 is 17.8 Å². The van der Waals surface area contributed by atoms with Crippen molar-refractivity contribution in [3.63, 3.8) is 0 Å². The standard InChI is InChI=1S/C21H22N2O4/c1-14-3-7-17(8-4-14)22-19(24)13-27-21(26)16-11-20(25)23(12-16)18-9-5-15(2)6-10-18/h3-10,16H,11-13H2,1-2H3,(H,22,24)/t16-/m0/s1. The summed E-state index contributed by atoms with van der Waals surface area (Å²) in [6.45, 7) is 3.82. The molecule has 1 atom stereocenters. The average molecular weight is 366 g/mol. The quantitative estimate of drug-likeness (QED) is 0.826. The van der Waals surface area contributed by atoms with E-state index in [1.165, 1.54) is 0 Å². The van der Waals surface area contributed by atoms with Crippen molar-refractivity contribution in [2.24, 2.45) is 5.92 Å². The van der Waals surface area contributed by atoms with E-state index in [1.807, 2.05) is 50.2 Å². The van der Waals surface area contributed by atoms with Crippen LogP contribution in [0.5, 0.6) is 0 Å². The molecule has 0 unspecified atom stereocenters. The third kappa shape index (κ3) is 4.73. The van der Waals surface area contributed by atoms with E-state index in [0.717, 1.165) is 16.8 Å². The van der Waals surface area contributed by atoms with Crippen LogP contribution in [0.15, 0.2) is 48.5 Å². The molecule has 2 amide bonds. The van der Waals surface area contributed by atoms with Crippen LogP contribution in [0.25, 0.3) is 0 Å². The van der Waals surface area contributed by atoms with Crippen LogP contribution in [0.3, 0.4) is 0 Å². The van der Waals surface area contributed by atoms with Crippen molar-refractivity contribution in [3.05, 3.63) is 59.7 Å². The van der Waals surface area contributed by atoms with E-state index in [9.17, 15) is 14.4 Å². The summed E-state index contributed by atoms with van der Waals surface area (Å²) in [6, 6.07) is 14.9. The van der Waals surface area contributed by atoms with Gasteiger partial charge in [-0.05, 0) is 38.1 Å². The second-order valence-corrected chi connectivity index (χ2v) is 6.76. The second kappa shape index (κ2) is 8.03. The fraction of sp³-hybridized carbons (Fsp3) is 0.286.